The Morgan fingerprint density at radius 2 is 1.94 bits per heavy atom. The van der Waals surface area contributed by atoms with E-state index in [1.165, 1.54) is 0 Å². The first-order valence-corrected chi connectivity index (χ1v) is 11.3. The number of nitrogens with zero attached hydrogens (tertiary/aromatic N) is 4. The number of benzene rings is 2. The van der Waals surface area contributed by atoms with Crippen LogP contribution in [0, 0.1) is 0 Å². The summed E-state index contributed by atoms with van der Waals surface area (Å²) >= 11 is 1.10. The Kier molecular flexibility index (Phi) is 7.28. The number of oxime groups is 1. The second kappa shape index (κ2) is 10.7. The topological polar surface area (TPSA) is 112 Å². The highest BCUT2D eigenvalue weighted by Crippen LogP contribution is 2.31. The fraction of sp³-hybridized carbons (Fsp3) is 0.167. The van der Waals surface area contributed by atoms with Crippen molar-refractivity contribution in [3.05, 3.63) is 71.8 Å². The van der Waals surface area contributed by atoms with E-state index in [9.17, 15) is 4.79 Å². The lowest BCUT2D eigenvalue weighted by Gasteiger charge is -2.06. The zero-order valence-electron chi connectivity index (χ0n) is 18.5. The van der Waals surface area contributed by atoms with Crippen molar-refractivity contribution in [3.8, 4) is 28.7 Å². The molecule has 1 N–H and O–H groups in total. The molecule has 0 saturated heterocycles. The third-order valence-electron chi connectivity index (χ3n) is 4.84. The van der Waals surface area contributed by atoms with E-state index in [4.69, 9.17) is 19.1 Å². The Morgan fingerprint density at radius 1 is 1.15 bits per heavy atom. The Bertz CT molecular complexity index is 1300. The maximum absolute atomic E-state index is 10.8. The third kappa shape index (κ3) is 5.46. The van der Waals surface area contributed by atoms with Gasteiger partial charge in [0.2, 0.25) is 0 Å². The second-order valence-electron chi connectivity index (χ2n) is 7.16. The van der Waals surface area contributed by atoms with E-state index in [-0.39, 0.29) is 5.75 Å². The fourth-order valence-electron chi connectivity index (χ4n) is 3.16. The summed E-state index contributed by atoms with van der Waals surface area (Å²) in [5.41, 5.74) is 2.58. The molecule has 0 spiro atoms. The van der Waals surface area contributed by atoms with Crippen LogP contribution in [0.5, 0.6) is 5.75 Å². The molecule has 0 aliphatic rings. The van der Waals surface area contributed by atoms with Gasteiger partial charge in [-0.05, 0) is 35.9 Å². The fourth-order valence-corrected chi connectivity index (χ4v) is 3.79. The van der Waals surface area contributed by atoms with Crippen molar-refractivity contribution in [2.45, 2.75) is 11.8 Å². The molecule has 0 atom stereocenters. The Balaban J connectivity index is 1.51. The molecule has 2 heterocycles. The van der Waals surface area contributed by atoms with Crippen LogP contribution in [0.15, 0.2) is 75.4 Å². The number of hydrogen-bond donors (Lipinski definition) is 1. The van der Waals surface area contributed by atoms with Gasteiger partial charge >= 0.3 is 5.97 Å². The number of methoxy groups -OCH3 is 1. The van der Waals surface area contributed by atoms with Crippen LogP contribution in [0.4, 0.5) is 0 Å². The summed E-state index contributed by atoms with van der Waals surface area (Å²) in [6, 6.07) is 19.0. The van der Waals surface area contributed by atoms with Gasteiger partial charge in [0.1, 0.15) is 18.1 Å². The standard InChI is InChI=1S/C24H22N4O5S/c1-28-23(26-27-24(28)34-15-22(29)30)21-11-10-20(33-21)17-8-9-19(31-2)18(12-17)13-25-32-14-16-6-4-3-5-7-16/h3-13H,14-15H2,1-2H3,(H,29,30)/b25-13+. The average Bonchev–Trinajstić information content (AvgIpc) is 3.47. The molecular formula is C24H22N4O5S. The van der Waals surface area contributed by atoms with Crippen molar-refractivity contribution in [3.63, 3.8) is 0 Å². The van der Waals surface area contributed by atoms with Gasteiger partial charge in [0, 0.05) is 18.2 Å². The van der Waals surface area contributed by atoms with E-state index in [2.05, 4.69) is 15.4 Å². The number of furan rings is 1. The van der Waals surface area contributed by atoms with E-state index in [1.54, 1.807) is 31.0 Å². The summed E-state index contributed by atoms with van der Waals surface area (Å²) in [7, 11) is 3.36. The van der Waals surface area contributed by atoms with Crippen LogP contribution in [-0.2, 0) is 23.3 Å². The molecule has 2 aromatic carbocycles. The molecule has 174 valence electrons. The van der Waals surface area contributed by atoms with E-state index in [0.717, 1.165) is 28.5 Å². The molecule has 9 nitrogen and oxygen atoms in total. The molecular weight excluding hydrogens is 456 g/mol. The normalized spacial score (nSPS) is 11.1. The average molecular weight is 479 g/mol. The molecule has 0 fully saturated rings. The SMILES string of the molecule is COc1ccc(-c2ccc(-c3nnc(SCC(=O)O)n3C)o2)cc1/C=N/OCc1ccccc1. The van der Waals surface area contributed by atoms with Crippen molar-refractivity contribution in [1.82, 2.24) is 14.8 Å². The van der Waals surface area contributed by atoms with Crippen LogP contribution in [0.2, 0.25) is 0 Å². The number of hydrogen-bond acceptors (Lipinski definition) is 8. The number of aliphatic carboxylic acids is 1. The van der Waals surface area contributed by atoms with Crippen LogP contribution >= 0.6 is 11.8 Å². The molecule has 0 unspecified atom stereocenters. The predicted octanol–water partition coefficient (Wildman–Crippen LogP) is 4.48. The van der Waals surface area contributed by atoms with Gasteiger partial charge in [0.15, 0.2) is 16.7 Å². The van der Waals surface area contributed by atoms with E-state index < -0.39 is 5.97 Å². The highest BCUT2D eigenvalue weighted by molar-refractivity contribution is 7.99. The summed E-state index contributed by atoms with van der Waals surface area (Å²) < 4.78 is 13.2. The molecule has 0 bridgehead atoms. The molecule has 0 aliphatic carbocycles. The number of carboxylic acids is 1. The Hall–Kier alpha value is -4.05. The lowest BCUT2D eigenvalue weighted by Crippen LogP contribution is -2.00. The number of thioether (sulfide) groups is 1. The summed E-state index contributed by atoms with van der Waals surface area (Å²) in [4.78, 5) is 16.2. The summed E-state index contributed by atoms with van der Waals surface area (Å²) in [6.07, 6.45) is 1.60. The monoisotopic (exact) mass is 478 g/mol. The first-order chi connectivity index (χ1) is 16.5. The number of rotatable bonds is 10. The minimum absolute atomic E-state index is 0.0966. The lowest BCUT2D eigenvalue weighted by molar-refractivity contribution is -0.133. The number of aromatic nitrogens is 3. The van der Waals surface area contributed by atoms with E-state index >= 15 is 0 Å². The molecule has 4 rings (SSSR count). The van der Waals surface area contributed by atoms with Crippen LogP contribution in [0.1, 0.15) is 11.1 Å². The molecule has 10 heteroatoms. The maximum Gasteiger partial charge on any atom is 0.313 e. The predicted molar refractivity (Wildman–Crippen MR) is 128 cm³/mol. The molecule has 0 aliphatic heterocycles. The van der Waals surface area contributed by atoms with Crippen LogP contribution in [-0.4, -0.2) is 44.9 Å². The zero-order valence-corrected chi connectivity index (χ0v) is 19.4. The first-order valence-electron chi connectivity index (χ1n) is 10.3. The van der Waals surface area contributed by atoms with Crippen molar-refractivity contribution in [2.24, 2.45) is 12.2 Å². The van der Waals surface area contributed by atoms with E-state index in [0.29, 0.717) is 34.9 Å². The van der Waals surface area contributed by atoms with E-state index in [1.807, 2.05) is 54.6 Å². The lowest BCUT2D eigenvalue weighted by atomic mass is 10.1. The second-order valence-corrected chi connectivity index (χ2v) is 8.10. The largest absolute Gasteiger partial charge is 0.496 e. The van der Waals surface area contributed by atoms with Crippen molar-refractivity contribution >= 4 is 23.9 Å². The van der Waals surface area contributed by atoms with Crippen molar-refractivity contribution in [2.75, 3.05) is 12.9 Å². The maximum atomic E-state index is 10.8. The van der Waals surface area contributed by atoms with Gasteiger partial charge in [-0.15, -0.1) is 10.2 Å². The van der Waals surface area contributed by atoms with Crippen LogP contribution < -0.4 is 4.74 Å². The number of carboxylic acid groups (broad SMARTS) is 1. The Labute approximate surface area is 200 Å². The summed E-state index contributed by atoms with van der Waals surface area (Å²) in [5.74, 6) is 1.28. The molecule has 0 amide bonds. The van der Waals surface area contributed by atoms with Gasteiger partial charge in [-0.3, -0.25) is 4.79 Å². The smallest absolute Gasteiger partial charge is 0.313 e. The Morgan fingerprint density at radius 3 is 2.71 bits per heavy atom. The zero-order chi connectivity index (χ0) is 23.9. The minimum Gasteiger partial charge on any atom is -0.496 e. The van der Waals surface area contributed by atoms with Crippen molar-refractivity contribution < 1.29 is 23.9 Å². The van der Waals surface area contributed by atoms with Crippen molar-refractivity contribution in [1.29, 1.82) is 0 Å². The van der Waals surface area contributed by atoms with Gasteiger partial charge in [-0.1, -0.05) is 47.2 Å². The highest BCUT2D eigenvalue weighted by Gasteiger charge is 2.16. The number of ether oxygens (including phenoxy) is 1. The van der Waals surface area contributed by atoms with Gasteiger partial charge in [0.05, 0.1) is 19.1 Å². The molecule has 2 aromatic heterocycles. The summed E-state index contributed by atoms with van der Waals surface area (Å²) in [6.45, 7) is 0.366. The van der Waals surface area contributed by atoms with Crippen LogP contribution in [0.25, 0.3) is 22.9 Å². The van der Waals surface area contributed by atoms with Gasteiger partial charge in [-0.2, -0.15) is 0 Å². The van der Waals surface area contributed by atoms with Gasteiger partial charge < -0.3 is 23.7 Å². The molecule has 0 saturated carbocycles. The molecule has 34 heavy (non-hydrogen) atoms. The molecule has 0 radical (unpaired) electrons. The summed E-state index contributed by atoms with van der Waals surface area (Å²) in [5, 5.41) is 21.6. The van der Waals surface area contributed by atoms with Crippen LogP contribution in [0.3, 0.4) is 0 Å². The van der Waals surface area contributed by atoms with Gasteiger partial charge in [-0.25, -0.2) is 0 Å². The first kappa shape index (κ1) is 23.1. The number of carbonyl (C=O) groups is 1. The minimum atomic E-state index is -0.917. The third-order valence-corrected chi connectivity index (χ3v) is 5.85. The molecule has 4 aromatic rings. The highest BCUT2D eigenvalue weighted by atomic mass is 32.2. The quantitative estimate of drug-likeness (QED) is 0.202. The van der Waals surface area contributed by atoms with Gasteiger partial charge in [0.25, 0.3) is 0 Å².